The quantitative estimate of drug-likeness (QED) is 0.218. The van der Waals surface area contributed by atoms with Crippen LogP contribution in [0.5, 0.6) is 0 Å². The van der Waals surface area contributed by atoms with E-state index in [0.29, 0.717) is 0 Å². The van der Waals surface area contributed by atoms with Crippen molar-refractivity contribution in [3.8, 4) is 11.1 Å². The normalized spacial score (nSPS) is 11.7. The van der Waals surface area contributed by atoms with Crippen LogP contribution in [0.15, 0.2) is 160 Å². The molecule has 43 heavy (non-hydrogen) atoms. The summed E-state index contributed by atoms with van der Waals surface area (Å²) in [6, 6.07) is 52.9. The molecule has 0 N–H and O–H groups in total. The third-order valence-corrected chi connectivity index (χ3v) is 8.46. The lowest BCUT2D eigenvalue weighted by atomic mass is 10.0. The molecule has 0 fully saturated rings. The summed E-state index contributed by atoms with van der Waals surface area (Å²) >= 11 is 0. The molecule has 0 aliphatic carbocycles. The predicted octanol–water partition coefficient (Wildman–Crippen LogP) is 11.8. The van der Waals surface area contributed by atoms with Crippen LogP contribution in [0.3, 0.4) is 0 Å². The van der Waals surface area contributed by atoms with E-state index in [9.17, 15) is 0 Å². The van der Waals surface area contributed by atoms with Crippen molar-refractivity contribution in [3.05, 3.63) is 152 Å². The van der Waals surface area contributed by atoms with Crippen molar-refractivity contribution in [2.24, 2.45) is 0 Å². The molecule has 3 heteroatoms. The summed E-state index contributed by atoms with van der Waals surface area (Å²) in [5, 5.41) is 6.67. The molecule has 2 heterocycles. The molecule has 0 saturated heterocycles. The van der Waals surface area contributed by atoms with Crippen LogP contribution in [0.2, 0.25) is 0 Å². The number of anilines is 3. The van der Waals surface area contributed by atoms with Crippen molar-refractivity contribution in [3.63, 3.8) is 0 Å². The molecule has 0 aliphatic heterocycles. The van der Waals surface area contributed by atoms with E-state index < -0.39 is 0 Å². The zero-order chi connectivity index (χ0) is 28.3. The monoisotopic (exact) mass is 551 g/mol. The summed E-state index contributed by atoms with van der Waals surface area (Å²) in [5.74, 6) is 0. The van der Waals surface area contributed by atoms with Gasteiger partial charge in [-0.3, -0.25) is 0 Å². The highest BCUT2D eigenvalue weighted by atomic mass is 16.3. The van der Waals surface area contributed by atoms with Crippen LogP contribution < -0.4 is 4.90 Å². The third kappa shape index (κ3) is 3.68. The number of para-hydroxylation sites is 2. The molecule has 3 nitrogen and oxygen atoms in total. The molecule has 202 valence electrons. The van der Waals surface area contributed by atoms with Crippen LogP contribution >= 0.6 is 0 Å². The van der Waals surface area contributed by atoms with Gasteiger partial charge in [0.15, 0.2) is 5.58 Å². The number of furan rings is 2. The summed E-state index contributed by atoms with van der Waals surface area (Å²) < 4.78 is 13.3. The Morgan fingerprint density at radius 3 is 1.81 bits per heavy atom. The Kier molecular flexibility index (Phi) is 5.20. The third-order valence-electron chi connectivity index (χ3n) is 8.46. The summed E-state index contributed by atoms with van der Waals surface area (Å²) in [4.78, 5) is 2.27. The highest BCUT2D eigenvalue weighted by Gasteiger charge is 2.22. The van der Waals surface area contributed by atoms with Gasteiger partial charge in [0.1, 0.15) is 16.7 Å². The van der Waals surface area contributed by atoms with Crippen LogP contribution in [0, 0.1) is 0 Å². The van der Waals surface area contributed by atoms with Gasteiger partial charge < -0.3 is 13.7 Å². The summed E-state index contributed by atoms with van der Waals surface area (Å²) in [6.07, 6.45) is 0. The van der Waals surface area contributed by atoms with E-state index in [1.165, 1.54) is 21.9 Å². The largest absolute Gasteiger partial charge is 0.455 e. The average molecular weight is 552 g/mol. The van der Waals surface area contributed by atoms with Gasteiger partial charge in [-0.05, 0) is 70.4 Å². The van der Waals surface area contributed by atoms with Crippen molar-refractivity contribution >= 4 is 71.7 Å². The standard InChI is InChI=1S/C40H25NO2/c1-3-10-26(11-4-1)27-18-21-30(22-19-27)41(29-13-5-2-6-14-29)34-17-9-16-32-38-36(42-39(32)34)25-23-33-37-31-15-8-7-12-28(31)20-24-35(37)43-40(33)38/h1-25H. The summed E-state index contributed by atoms with van der Waals surface area (Å²) in [6.45, 7) is 0. The van der Waals surface area contributed by atoms with Gasteiger partial charge >= 0.3 is 0 Å². The van der Waals surface area contributed by atoms with E-state index in [4.69, 9.17) is 8.83 Å². The second-order valence-corrected chi connectivity index (χ2v) is 10.9. The lowest BCUT2D eigenvalue weighted by Gasteiger charge is -2.25. The first-order chi connectivity index (χ1) is 21.3. The molecule has 0 unspecified atom stereocenters. The van der Waals surface area contributed by atoms with Crippen LogP contribution in [-0.4, -0.2) is 0 Å². The van der Waals surface area contributed by atoms with Gasteiger partial charge in [-0.1, -0.05) is 103 Å². The lowest BCUT2D eigenvalue weighted by molar-refractivity contribution is 0.663. The van der Waals surface area contributed by atoms with Gasteiger partial charge in [-0.15, -0.1) is 0 Å². The topological polar surface area (TPSA) is 29.5 Å². The van der Waals surface area contributed by atoms with Crippen LogP contribution in [-0.2, 0) is 0 Å². The molecule has 0 spiro atoms. The molecule has 0 radical (unpaired) electrons. The van der Waals surface area contributed by atoms with Gasteiger partial charge in [0.2, 0.25) is 0 Å². The van der Waals surface area contributed by atoms with Gasteiger partial charge in [0, 0.05) is 27.5 Å². The Labute approximate surface area is 247 Å². The van der Waals surface area contributed by atoms with E-state index in [0.717, 1.165) is 60.9 Å². The Bertz CT molecular complexity index is 2440. The fourth-order valence-electron chi connectivity index (χ4n) is 6.48. The highest BCUT2D eigenvalue weighted by Crippen LogP contribution is 2.46. The highest BCUT2D eigenvalue weighted by molar-refractivity contribution is 6.27. The zero-order valence-electron chi connectivity index (χ0n) is 23.2. The van der Waals surface area contributed by atoms with E-state index in [1.54, 1.807) is 0 Å². The van der Waals surface area contributed by atoms with E-state index in [2.05, 4.69) is 144 Å². The van der Waals surface area contributed by atoms with E-state index >= 15 is 0 Å². The molecule has 9 aromatic rings. The van der Waals surface area contributed by atoms with Gasteiger partial charge in [-0.2, -0.15) is 0 Å². The predicted molar refractivity (Wildman–Crippen MR) is 179 cm³/mol. The van der Waals surface area contributed by atoms with Crippen molar-refractivity contribution in [1.82, 2.24) is 0 Å². The molecular formula is C40H25NO2. The van der Waals surface area contributed by atoms with E-state index in [1.807, 2.05) is 12.1 Å². The maximum absolute atomic E-state index is 6.69. The molecule has 2 aromatic heterocycles. The minimum Gasteiger partial charge on any atom is -0.455 e. The van der Waals surface area contributed by atoms with Crippen molar-refractivity contribution in [2.45, 2.75) is 0 Å². The van der Waals surface area contributed by atoms with Gasteiger partial charge in [0.25, 0.3) is 0 Å². The first-order valence-electron chi connectivity index (χ1n) is 14.5. The number of hydrogen-bond donors (Lipinski definition) is 0. The van der Waals surface area contributed by atoms with Crippen LogP contribution in [0.25, 0.3) is 65.8 Å². The molecule has 0 saturated carbocycles. The first-order valence-corrected chi connectivity index (χ1v) is 14.5. The molecule has 0 aliphatic rings. The maximum atomic E-state index is 6.69. The Morgan fingerprint density at radius 1 is 0.372 bits per heavy atom. The zero-order valence-corrected chi connectivity index (χ0v) is 23.2. The number of fused-ring (bicyclic) bond motifs is 9. The second kappa shape index (κ2) is 9.37. The van der Waals surface area contributed by atoms with Crippen molar-refractivity contribution in [1.29, 1.82) is 0 Å². The fraction of sp³-hybridized carbons (Fsp3) is 0. The molecule has 9 rings (SSSR count). The molecule has 0 amide bonds. The van der Waals surface area contributed by atoms with Gasteiger partial charge in [0.05, 0.1) is 11.1 Å². The smallest absolute Gasteiger partial charge is 0.159 e. The number of benzene rings is 7. The first kappa shape index (κ1) is 23.9. The fourth-order valence-corrected chi connectivity index (χ4v) is 6.48. The van der Waals surface area contributed by atoms with E-state index in [-0.39, 0.29) is 0 Å². The maximum Gasteiger partial charge on any atom is 0.159 e. The number of nitrogens with zero attached hydrogens (tertiary/aromatic N) is 1. The Morgan fingerprint density at radius 2 is 0.977 bits per heavy atom. The summed E-state index contributed by atoms with van der Waals surface area (Å²) in [7, 11) is 0. The number of rotatable bonds is 4. The van der Waals surface area contributed by atoms with Crippen LogP contribution in [0.1, 0.15) is 0 Å². The molecule has 0 bridgehead atoms. The van der Waals surface area contributed by atoms with Crippen molar-refractivity contribution < 1.29 is 8.83 Å². The minimum absolute atomic E-state index is 0.811. The summed E-state index contributed by atoms with van der Waals surface area (Å²) in [5.41, 5.74) is 8.84. The number of hydrogen-bond acceptors (Lipinski definition) is 3. The van der Waals surface area contributed by atoms with Crippen molar-refractivity contribution in [2.75, 3.05) is 4.90 Å². The molecule has 7 aromatic carbocycles. The molecular weight excluding hydrogens is 526 g/mol. The Hall–Kier alpha value is -5.80. The lowest BCUT2D eigenvalue weighted by Crippen LogP contribution is -2.10. The SMILES string of the molecule is c1ccc(-c2ccc(N(c3ccccc3)c3cccc4c3oc3ccc5c(oc6ccc7ccccc7c65)c34)cc2)cc1. The van der Waals surface area contributed by atoms with Crippen LogP contribution in [0.4, 0.5) is 17.1 Å². The second-order valence-electron chi connectivity index (χ2n) is 10.9. The Balaban J connectivity index is 1.28. The van der Waals surface area contributed by atoms with Gasteiger partial charge in [-0.25, -0.2) is 0 Å². The minimum atomic E-state index is 0.811. The molecule has 0 atom stereocenters. The average Bonchev–Trinajstić information content (AvgIpc) is 3.65.